The Morgan fingerprint density at radius 2 is 0.984 bits per heavy atom. The predicted octanol–water partition coefficient (Wildman–Crippen LogP) is 8.76. The minimum absolute atomic E-state index is 0.258. The second kappa shape index (κ2) is 37.9. The molecule has 0 bridgehead atoms. The fraction of sp³-hybridized carbons (Fsp3) is 0.896. The van der Waals surface area contributed by atoms with E-state index < -0.39 is 75.2 Å². The molecule has 1 aliphatic rings. The zero-order valence-corrected chi connectivity index (χ0v) is 39.7. The Balaban J connectivity index is 2.48. The summed E-state index contributed by atoms with van der Waals surface area (Å²) in [6, 6.07) is -1.18. The van der Waals surface area contributed by atoms with Gasteiger partial charge in [0.05, 0.1) is 31.3 Å². The molecule has 0 aliphatic heterocycles. The van der Waals surface area contributed by atoms with Crippen molar-refractivity contribution in [2.24, 2.45) is 0 Å². The first-order chi connectivity index (χ1) is 29.8. The average Bonchev–Trinajstić information content (AvgIpc) is 3.24. The van der Waals surface area contributed by atoms with Crippen molar-refractivity contribution < 1.29 is 59.0 Å². The molecular formula is C48H92NO12P. The maximum atomic E-state index is 13.0. The second-order valence-corrected chi connectivity index (χ2v) is 19.3. The summed E-state index contributed by atoms with van der Waals surface area (Å²) in [4.78, 5) is 23.4. The molecule has 0 radical (unpaired) electrons. The van der Waals surface area contributed by atoms with Crippen molar-refractivity contribution in [2.45, 2.75) is 268 Å². The van der Waals surface area contributed by atoms with Crippen LogP contribution in [0.1, 0.15) is 213 Å². The SMILES string of the molecule is CCCCCCCC/C=C\C/C=C\C(O)CC(=O)NC(COP(=O)(O)OC1C(O)C(O)C(O)C(O)C1O)C(O)CCCCCCCCCCCCCCCCCCCCCCC. The lowest BCUT2D eigenvalue weighted by atomic mass is 9.85. The summed E-state index contributed by atoms with van der Waals surface area (Å²) >= 11 is 0. The second-order valence-electron chi connectivity index (χ2n) is 17.9. The van der Waals surface area contributed by atoms with E-state index in [0.29, 0.717) is 12.8 Å². The Labute approximate surface area is 375 Å². The highest BCUT2D eigenvalue weighted by Crippen LogP contribution is 2.47. The van der Waals surface area contributed by atoms with Crippen LogP contribution in [0.3, 0.4) is 0 Å². The summed E-state index contributed by atoms with van der Waals surface area (Å²) in [5.74, 6) is -0.626. The number of phosphoric ester groups is 1. The van der Waals surface area contributed by atoms with Gasteiger partial charge in [0.1, 0.15) is 36.6 Å². The minimum Gasteiger partial charge on any atom is -0.391 e. The molecule has 0 heterocycles. The first kappa shape index (κ1) is 58.8. The third kappa shape index (κ3) is 29.3. The number of carbonyl (C=O) groups excluding carboxylic acids is 1. The molecule has 0 aromatic carbocycles. The number of allylic oxidation sites excluding steroid dienone is 3. The Morgan fingerprint density at radius 3 is 1.44 bits per heavy atom. The number of carbonyl (C=O) groups is 1. The highest BCUT2D eigenvalue weighted by atomic mass is 31.2. The molecule has 14 heteroatoms. The lowest BCUT2D eigenvalue weighted by Gasteiger charge is -2.41. The van der Waals surface area contributed by atoms with E-state index in [9.17, 15) is 50.0 Å². The van der Waals surface area contributed by atoms with Gasteiger partial charge in [-0.25, -0.2) is 4.57 Å². The molecule has 1 fully saturated rings. The molecule has 1 rings (SSSR count). The molecule has 8 unspecified atom stereocenters. The third-order valence-corrected chi connectivity index (χ3v) is 13.1. The molecule has 0 saturated heterocycles. The normalized spacial score (nSPS) is 23.2. The predicted molar refractivity (Wildman–Crippen MR) is 247 cm³/mol. The molecule has 0 aromatic rings. The third-order valence-electron chi connectivity index (χ3n) is 12.1. The van der Waals surface area contributed by atoms with Crippen LogP contribution in [-0.4, -0.2) is 108 Å². The number of hydrogen-bond acceptors (Lipinski definition) is 11. The molecule has 8 atom stereocenters. The van der Waals surface area contributed by atoms with Gasteiger partial charge in [-0.15, -0.1) is 0 Å². The van der Waals surface area contributed by atoms with E-state index in [1.807, 2.05) is 6.08 Å². The number of nitrogens with one attached hydrogen (secondary N) is 1. The van der Waals surface area contributed by atoms with Gasteiger partial charge in [0.2, 0.25) is 5.91 Å². The molecule has 0 aromatic heterocycles. The molecular weight excluding hydrogens is 813 g/mol. The van der Waals surface area contributed by atoms with E-state index >= 15 is 0 Å². The van der Waals surface area contributed by atoms with Crippen molar-refractivity contribution in [1.82, 2.24) is 5.32 Å². The van der Waals surface area contributed by atoms with Gasteiger partial charge in [-0.1, -0.05) is 205 Å². The van der Waals surface area contributed by atoms with Crippen LogP contribution in [-0.2, 0) is 18.4 Å². The fourth-order valence-corrected chi connectivity index (χ4v) is 8.98. The van der Waals surface area contributed by atoms with Gasteiger partial charge in [0, 0.05) is 0 Å². The van der Waals surface area contributed by atoms with E-state index in [4.69, 9.17) is 9.05 Å². The standard InChI is InChI=1S/C48H92NO12P/c1-3-5-7-9-11-13-15-16-17-18-19-20-21-22-23-24-26-28-30-32-34-36-41(51)40(38-60-62(58,59)61-48-46(56)44(54)43(53)45(55)47(48)57)49-42(52)37-39(50)35-33-31-29-27-25-14-12-10-8-6-4-2/h27,29,33,35,39-41,43-48,50-51,53-57H,3-26,28,30-32,34,36-38H2,1-2H3,(H,49,52)(H,58,59)/b29-27-,35-33-. The maximum Gasteiger partial charge on any atom is 0.472 e. The zero-order chi connectivity index (χ0) is 45.9. The smallest absolute Gasteiger partial charge is 0.391 e. The molecule has 1 saturated carbocycles. The van der Waals surface area contributed by atoms with E-state index in [2.05, 4.69) is 25.2 Å². The summed E-state index contributed by atoms with van der Waals surface area (Å²) in [7, 11) is -5.13. The molecule has 0 spiro atoms. The van der Waals surface area contributed by atoms with E-state index in [0.717, 1.165) is 38.5 Å². The summed E-state index contributed by atoms with van der Waals surface area (Å²) in [6.45, 7) is 3.76. The quantitative estimate of drug-likeness (QED) is 0.0159. The molecule has 366 valence electrons. The number of hydrogen-bond donors (Lipinski definition) is 9. The Hall–Kier alpha value is -1.22. The molecule has 62 heavy (non-hydrogen) atoms. The number of unbranched alkanes of at least 4 members (excludes halogenated alkanes) is 26. The number of amides is 1. The summed E-state index contributed by atoms with van der Waals surface area (Å²) in [6.07, 6.45) is 28.3. The van der Waals surface area contributed by atoms with E-state index in [1.54, 1.807) is 6.08 Å². The van der Waals surface area contributed by atoms with Crippen molar-refractivity contribution >= 4 is 13.7 Å². The number of aliphatic hydroxyl groups is 7. The lowest BCUT2D eigenvalue weighted by molar-refractivity contribution is -0.220. The van der Waals surface area contributed by atoms with Gasteiger partial charge < -0.3 is 46.0 Å². The Kier molecular flexibility index (Phi) is 36.0. The summed E-state index contributed by atoms with van der Waals surface area (Å²) in [5, 5.41) is 74.5. The van der Waals surface area contributed by atoms with Crippen molar-refractivity contribution in [2.75, 3.05) is 6.61 Å². The fourth-order valence-electron chi connectivity index (χ4n) is 8.01. The van der Waals surface area contributed by atoms with Crippen molar-refractivity contribution in [3.8, 4) is 0 Å². The lowest BCUT2D eigenvalue weighted by Crippen LogP contribution is -2.64. The van der Waals surface area contributed by atoms with Gasteiger partial charge in [-0.3, -0.25) is 13.8 Å². The Bertz CT molecular complexity index is 1160. The summed E-state index contributed by atoms with van der Waals surface area (Å²) < 4.78 is 22.9. The van der Waals surface area contributed by atoms with Gasteiger partial charge in [0.15, 0.2) is 0 Å². The first-order valence-corrected chi connectivity index (χ1v) is 26.4. The van der Waals surface area contributed by atoms with Gasteiger partial charge in [0.25, 0.3) is 0 Å². The average molecular weight is 906 g/mol. The highest BCUT2D eigenvalue weighted by molar-refractivity contribution is 7.47. The van der Waals surface area contributed by atoms with Crippen LogP contribution in [0.2, 0.25) is 0 Å². The van der Waals surface area contributed by atoms with Crippen molar-refractivity contribution in [1.29, 1.82) is 0 Å². The maximum absolute atomic E-state index is 13.0. The Morgan fingerprint density at radius 1 is 0.581 bits per heavy atom. The van der Waals surface area contributed by atoms with Crippen LogP contribution >= 0.6 is 7.82 Å². The largest absolute Gasteiger partial charge is 0.472 e. The molecule has 1 aliphatic carbocycles. The van der Waals surface area contributed by atoms with Gasteiger partial charge in [-0.05, 0) is 25.7 Å². The van der Waals surface area contributed by atoms with Crippen LogP contribution < -0.4 is 5.32 Å². The van der Waals surface area contributed by atoms with Crippen molar-refractivity contribution in [3.05, 3.63) is 24.3 Å². The van der Waals surface area contributed by atoms with Crippen LogP contribution in [0, 0.1) is 0 Å². The molecule has 1 amide bonds. The van der Waals surface area contributed by atoms with Crippen LogP contribution in [0.5, 0.6) is 0 Å². The number of phosphoric acid groups is 1. The number of aliphatic hydroxyl groups excluding tert-OH is 7. The van der Waals surface area contributed by atoms with Crippen LogP contribution in [0.25, 0.3) is 0 Å². The topological polar surface area (TPSA) is 226 Å². The summed E-state index contributed by atoms with van der Waals surface area (Å²) in [5.41, 5.74) is 0. The van der Waals surface area contributed by atoms with E-state index in [1.165, 1.54) is 141 Å². The molecule has 9 N–H and O–H groups in total. The molecule has 13 nitrogen and oxygen atoms in total. The number of rotatable bonds is 41. The van der Waals surface area contributed by atoms with Gasteiger partial charge >= 0.3 is 7.82 Å². The van der Waals surface area contributed by atoms with Crippen LogP contribution in [0.4, 0.5) is 0 Å². The van der Waals surface area contributed by atoms with Crippen molar-refractivity contribution in [3.63, 3.8) is 0 Å². The van der Waals surface area contributed by atoms with Gasteiger partial charge in [-0.2, -0.15) is 0 Å². The minimum atomic E-state index is -5.13. The zero-order valence-electron chi connectivity index (χ0n) is 38.8. The highest BCUT2D eigenvalue weighted by Gasteiger charge is 2.51. The van der Waals surface area contributed by atoms with E-state index in [-0.39, 0.29) is 12.8 Å². The monoisotopic (exact) mass is 906 g/mol. The first-order valence-electron chi connectivity index (χ1n) is 24.9. The van der Waals surface area contributed by atoms with Crippen LogP contribution in [0.15, 0.2) is 24.3 Å².